The fraction of sp³-hybridized carbons (Fsp3) is 0.704. The van der Waals surface area contributed by atoms with Crippen LogP contribution in [0.3, 0.4) is 0 Å². The van der Waals surface area contributed by atoms with Crippen molar-refractivity contribution in [3.05, 3.63) is 35.4 Å². The Kier molecular flexibility index (Phi) is 4.14. The molecule has 1 saturated heterocycles. The normalized spacial score (nSPS) is 42.7. The second-order valence-corrected chi connectivity index (χ2v) is 11.8. The van der Waals surface area contributed by atoms with Crippen LogP contribution in [0.4, 0.5) is 0 Å². The molecule has 4 bridgehead atoms. The van der Waals surface area contributed by atoms with Crippen LogP contribution >= 0.6 is 0 Å². The summed E-state index contributed by atoms with van der Waals surface area (Å²) in [6.45, 7) is 7.43. The summed E-state index contributed by atoms with van der Waals surface area (Å²) in [5.41, 5.74) is 0.580. The molecule has 2 fully saturated rings. The van der Waals surface area contributed by atoms with Gasteiger partial charge < -0.3 is 24.6 Å². The maximum absolute atomic E-state index is 11.9. The van der Waals surface area contributed by atoms with Gasteiger partial charge in [0, 0.05) is 30.0 Å². The second kappa shape index (κ2) is 6.31. The van der Waals surface area contributed by atoms with E-state index in [9.17, 15) is 10.2 Å². The third-order valence-corrected chi connectivity index (χ3v) is 10.1. The standard InChI is InChI=1S/C27H37NO4/c1-16(2)8-9-24(3,30)19-15-25-10-11-27(19,31-5)23-26(25)12-13-28(4)20(25)14-17-6-7-18(29)22(32-23)21(17)26/h6-7,10-11,16,19-20,23,29-30H,8-9,12-15H2,1-5H3/t19?,20-,23-,24?,25?,26+,27+/m1/s1. The van der Waals surface area contributed by atoms with Gasteiger partial charge in [-0.15, -0.1) is 0 Å². The van der Waals surface area contributed by atoms with Gasteiger partial charge >= 0.3 is 0 Å². The topological polar surface area (TPSA) is 62.2 Å². The molecule has 7 atom stereocenters. The summed E-state index contributed by atoms with van der Waals surface area (Å²) >= 11 is 0. The predicted octanol–water partition coefficient (Wildman–Crippen LogP) is 3.80. The number of likely N-dealkylation sites (N-methyl/N-ethyl adjacent to an activating group) is 1. The quantitative estimate of drug-likeness (QED) is 0.684. The fourth-order valence-electron chi connectivity index (χ4n) is 8.52. The summed E-state index contributed by atoms with van der Waals surface area (Å²) in [7, 11) is 4.02. The van der Waals surface area contributed by atoms with Gasteiger partial charge in [0.25, 0.3) is 0 Å². The zero-order valence-electron chi connectivity index (χ0n) is 20.0. The Morgan fingerprint density at radius 3 is 2.81 bits per heavy atom. The van der Waals surface area contributed by atoms with E-state index in [1.165, 1.54) is 11.1 Å². The number of phenols is 1. The van der Waals surface area contributed by atoms with E-state index in [4.69, 9.17) is 9.47 Å². The van der Waals surface area contributed by atoms with Crippen molar-refractivity contribution in [1.29, 1.82) is 0 Å². The van der Waals surface area contributed by atoms with E-state index in [0.29, 0.717) is 17.7 Å². The smallest absolute Gasteiger partial charge is 0.165 e. The van der Waals surface area contributed by atoms with Crippen LogP contribution in [0.2, 0.25) is 0 Å². The number of benzene rings is 1. The van der Waals surface area contributed by atoms with E-state index in [1.54, 1.807) is 13.2 Å². The van der Waals surface area contributed by atoms with Crippen LogP contribution in [0.5, 0.6) is 11.5 Å². The van der Waals surface area contributed by atoms with Gasteiger partial charge in [-0.2, -0.15) is 0 Å². The van der Waals surface area contributed by atoms with Gasteiger partial charge in [0.1, 0.15) is 11.7 Å². The molecule has 174 valence electrons. The molecule has 5 heteroatoms. The Hall–Kier alpha value is -1.56. The van der Waals surface area contributed by atoms with Crippen molar-refractivity contribution in [2.75, 3.05) is 20.7 Å². The summed E-state index contributed by atoms with van der Waals surface area (Å²) in [5.74, 6) is 1.35. The molecule has 1 aromatic rings. The van der Waals surface area contributed by atoms with Crippen LogP contribution in [0.15, 0.2) is 24.3 Å². The van der Waals surface area contributed by atoms with Gasteiger partial charge in [-0.05, 0) is 70.2 Å². The van der Waals surface area contributed by atoms with Crippen LogP contribution in [-0.2, 0) is 16.6 Å². The Labute approximate surface area is 191 Å². The zero-order chi connectivity index (χ0) is 22.7. The highest BCUT2D eigenvalue weighted by atomic mass is 16.6. The number of nitrogens with zero attached hydrogens (tertiary/aromatic N) is 1. The van der Waals surface area contributed by atoms with Crippen molar-refractivity contribution in [2.45, 2.75) is 81.6 Å². The molecular formula is C27H37NO4. The lowest BCUT2D eigenvalue weighted by molar-refractivity contribution is -0.247. The molecule has 2 heterocycles. The highest BCUT2D eigenvalue weighted by Gasteiger charge is 2.80. The molecule has 3 unspecified atom stereocenters. The molecule has 6 aliphatic rings. The summed E-state index contributed by atoms with van der Waals surface area (Å²) in [4.78, 5) is 2.52. The Balaban J connectivity index is 1.59. The van der Waals surface area contributed by atoms with E-state index in [0.717, 1.165) is 38.6 Å². The van der Waals surface area contributed by atoms with Gasteiger partial charge in [0.2, 0.25) is 0 Å². The first-order valence-corrected chi connectivity index (χ1v) is 12.3. The van der Waals surface area contributed by atoms with E-state index < -0.39 is 11.2 Å². The SMILES string of the molecule is CO[C@@]12C=CC3(CC1C(C)(O)CCC(C)C)[C@H]1Cc4ccc(O)c5c4[C@@]3(CCN1C)[C@H]2O5. The minimum atomic E-state index is -0.868. The molecule has 2 N–H and O–H groups in total. The van der Waals surface area contributed by atoms with Crippen molar-refractivity contribution in [3.8, 4) is 11.5 Å². The second-order valence-electron chi connectivity index (χ2n) is 11.8. The lowest BCUT2D eigenvalue weighted by atomic mass is 9.36. The number of fused-ring (bicyclic) bond motifs is 1. The number of phenolic OH excluding ortho intramolecular Hbond substituents is 1. The lowest BCUT2D eigenvalue weighted by Crippen LogP contribution is -2.80. The highest BCUT2D eigenvalue weighted by molar-refractivity contribution is 5.65. The third-order valence-electron chi connectivity index (χ3n) is 10.1. The number of hydrogen-bond donors (Lipinski definition) is 2. The molecule has 32 heavy (non-hydrogen) atoms. The molecule has 1 aromatic carbocycles. The largest absolute Gasteiger partial charge is 0.504 e. The van der Waals surface area contributed by atoms with Gasteiger partial charge in [0.05, 0.1) is 11.0 Å². The predicted molar refractivity (Wildman–Crippen MR) is 123 cm³/mol. The Bertz CT molecular complexity index is 1000. The van der Waals surface area contributed by atoms with Crippen LogP contribution in [0, 0.1) is 17.3 Å². The molecule has 2 aliphatic heterocycles. The van der Waals surface area contributed by atoms with Crippen molar-refractivity contribution in [1.82, 2.24) is 4.90 Å². The maximum atomic E-state index is 11.9. The number of ether oxygens (including phenoxy) is 2. The molecule has 0 aromatic heterocycles. The Morgan fingerprint density at radius 1 is 1.31 bits per heavy atom. The van der Waals surface area contributed by atoms with Crippen LogP contribution in [0.25, 0.3) is 0 Å². The molecule has 2 spiro atoms. The number of rotatable bonds is 5. The summed E-state index contributed by atoms with van der Waals surface area (Å²) in [6, 6.07) is 4.24. The molecule has 7 rings (SSSR count). The molecule has 5 nitrogen and oxygen atoms in total. The monoisotopic (exact) mass is 439 g/mol. The van der Waals surface area contributed by atoms with E-state index >= 15 is 0 Å². The summed E-state index contributed by atoms with van der Waals surface area (Å²) in [6.07, 6.45) is 8.94. The highest BCUT2D eigenvalue weighted by Crippen LogP contribution is 2.75. The summed E-state index contributed by atoms with van der Waals surface area (Å²) in [5, 5.41) is 22.7. The first-order valence-electron chi connectivity index (χ1n) is 12.3. The Morgan fingerprint density at radius 2 is 2.09 bits per heavy atom. The number of likely N-dealkylation sites (tertiary alicyclic amines) is 1. The average molecular weight is 440 g/mol. The van der Waals surface area contributed by atoms with E-state index in [2.05, 4.69) is 44.0 Å². The van der Waals surface area contributed by atoms with Gasteiger partial charge in [-0.25, -0.2) is 0 Å². The number of aromatic hydroxyl groups is 1. The minimum absolute atomic E-state index is 0.0751. The van der Waals surface area contributed by atoms with Crippen molar-refractivity contribution >= 4 is 0 Å². The number of methoxy groups -OCH3 is 1. The average Bonchev–Trinajstić information content (AvgIpc) is 3.14. The molecular weight excluding hydrogens is 402 g/mol. The molecule has 1 saturated carbocycles. The van der Waals surface area contributed by atoms with Crippen LogP contribution in [-0.4, -0.2) is 59.2 Å². The van der Waals surface area contributed by atoms with Gasteiger partial charge in [-0.3, -0.25) is 0 Å². The fourth-order valence-corrected chi connectivity index (χ4v) is 8.52. The van der Waals surface area contributed by atoms with E-state index in [-0.39, 0.29) is 28.6 Å². The van der Waals surface area contributed by atoms with Crippen molar-refractivity contribution < 1.29 is 19.7 Å². The zero-order valence-corrected chi connectivity index (χ0v) is 20.0. The maximum Gasteiger partial charge on any atom is 0.165 e. The first-order chi connectivity index (χ1) is 15.1. The van der Waals surface area contributed by atoms with Crippen molar-refractivity contribution in [3.63, 3.8) is 0 Å². The van der Waals surface area contributed by atoms with Gasteiger partial charge in [-0.1, -0.05) is 32.1 Å². The first kappa shape index (κ1) is 21.0. The van der Waals surface area contributed by atoms with Crippen LogP contribution in [0.1, 0.15) is 57.6 Å². The molecule has 0 radical (unpaired) electrons. The number of hydrogen-bond acceptors (Lipinski definition) is 5. The minimum Gasteiger partial charge on any atom is -0.504 e. The lowest BCUT2D eigenvalue weighted by Gasteiger charge is -2.72. The van der Waals surface area contributed by atoms with E-state index in [1.807, 2.05) is 6.92 Å². The number of piperidine rings is 1. The van der Waals surface area contributed by atoms with Gasteiger partial charge in [0.15, 0.2) is 11.5 Å². The third kappa shape index (κ3) is 2.17. The number of aliphatic hydroxyl groups is 1. The molecule has 0 amide bonds. The van der Waals surface area contributed by atoms with Crippen molar-refractivity contribution in [2.24, 2.45) is 17.3 Å². The summed E-state index contributed by atoms with van der Waals surface area (Å²) < 4.78 is 13.2. The molecule has 4 aliphatic carbocycles. The van der Waals surface area contributed by atoms with Crippen LogP contribution < -0.4 is 4.74 Å².